The maximum absolute atomic E-state index is 12.4. The van der Waals surface area contributed by atoms with Crippen LogP contribution in [0.1, 0.15) is 109 Å². The summed E-state index contributed by atoms with van der Waals surface area (Å²) in [6.07, 6.45) is 18.4. The Bertz CT molecular complexity index is 849. The smallest absolute Gasteiger partial charge is 0.278 e. The first kappa shape index (κ1) is 25.0. The van der Waals surface area contributed by atoms with Crippen molar-refractivity contribution in [1.29, 1.82) is 0 Å². The summed E-state index contributed by atoms with van der Waals surface area (Å²) in [6.45, 7) is 2.26. The lowest BCUT2D eigenvalue weighted by atomic mass is 9.99. The average molecular weight is 428 g/mol. The van der Waals surface area contributed by atoms with Crippen LogP contribution in [-0.4, -0.2) is 15.2 Å². The SMILES string of the molecule is CCCCCCCCCCCCCCCCC(=C(O)O)c1cc2ccccc2[nH]c1=O. The van der Waals surface area contributed by atoms with Crippen LogP contribution in [0.4, 0.5) is 0 Å². The third-order valence-electron chi connectivity index (χ3n) is 6.13. The minimum absolute atomic E-state index is 0.278. The molecule has 0 aliphatic rings. The van der Waals surface area contributed by atoms with Crippen LogP contribution >= 0.6 is 0 Å². The van der Waals surface area contributed by atoms with E-state index in [0.29, 0.717) is 17.6 Å². The molecule has 2 aromatic rings. The number of aliphatic hydroxyl groups excluding tert-OH is 1. The summed E-state index contributed by atoms with van der Waals surface area (Å²) in [5, 5.41) is 20.4. The van der Waals surface area contributed by atoms with Crippen LogP contribution in [-0.2, 0) is 0 Å². The second-order valence-corrected chi connectivity index (χ2v) is 8.75. The van der Waals surface area contributed by atoms with E-state index < -0.39 is 5.95 Å². The highest BCUT2D eigenvalue weighted by Crippen LogP contribution is 2.23. The number of aromatic nitrogens is 1. The maximum atomic E-state index is 12.4. The average Bonchev–Trinajstić information content (AvgIpc) is 2.76. The summed E-state index contributed by atoms with van der Waals surface area (Å²) in [4.78, 5) is 15.2. The number of nitrogens with one attached hydrogen (secondary N) is 1. The molecule has 0 bridgehead atoms. The molecular formula is C27H41NO3. The second-order valence-electron chi connectivity index (χ2n) is 8.75. The molecule has 0 aliphatic carbocycles. The van der Waals surface area contributed by atoms with E-state index in [2.05, 4.69) is 11.9 Å². The van der Waals surface area contributed by atoms with Gasteiger partial charge in [-0.2, -0.15) is 0 Å². The standard InChI is InChI=1S/C27H41NO3/c1-2-3-4-5-6-7-8-9-10-11-12-13-14-15-19-23(27(30)31)24-21-22-18-16-17-20-25(22)28-26(24)29/h16-18,20-21,30-31H,2-15,19H2,1H3,(H,28,29). The molecule has 4 nitrogen and oxygen atoms in total. The zero-order chi connectivity index (χ0) is 22.3. The monoisotopic (exact) mass is 427 g/mol. The van der Waals surface area contributed by atoms with Crippen LogP contribution in [0.2, 0.25) is 0 Å². The number of hydrogen-bond acceptors (Lipinski definition) is 3. The Morgan fingerprint density at radius 3 is 1.84 bits per heavy atom. The summed E-state index contributed by atoms with van der Waals surface area (Å²) in [6, 6.07) is 9.27. The summed E-state index contributed by atoms with van der Waals surface area (Å²) in [7, 11) is 0. The van der Waals surface area contributed by atoms with Crippen molar-refractivity contribution < 1.29 is 10.2 Å². The number of pyridine rings is 1. The number of aliphatic hydroxyl groups is 2. The summed E-state index contributed by atoms with van der Waals surface area (Å²) in [5.74, 6) is -0.740. The molecule has 0 amide bonds. The third kappa shape index (κ3) is 9.20. The van der Waals surface area contributed by atoms with Gasteiger partial charge in [-0.05, 0) is 30.4 Å². The molecule has 0 aliphatic heterocycles. The molecule has 1 aromatic carbocycles. The third-order valence-corrected chi connectivity index (χ3v) is 6.13. The number of para-hydroxylation sites is 1. The number of hydrogen-bond donors (Lipinski definition) is 3. The van der Waals surface area contributed by atoms with Crippen LogP contribution in [0.5, 0.6) is 0 Å². The molecular weight excluding hydrogens is 386 g/mol. The Kier molecular flexibility index (Phi) is 11.9. The van der Waals surface area contributed by atoms with Gasteiger partial charge in [-0.15, -0.1) is 0 Å². The normalized spacial score (nSPS) is 11.1. The van der Waals surface area contributed by atoms with E-state index in [4.69, 9.17) is 0 Å². The first-order valence-electron chi connectivity index (χ1n) is 12.4. The van der Waals surface area contributed by atoms with Crippen molar-refractivity contribution >= 4 is 16.5 Å². The number of benzene rings is 1. The van der Waals surface area contributed by atoms with Crippen LogP contribution in [0.25, 0.3) is 16.5 Å². The van der Waals surface area contributed by atoms with E-state index in [9.17, 15) is 15.0 Å². The van der Waals surface area contributed by atoms with Gasteiger partial charge in [0.05, 0.1) is 5.56 Å². The molecule has 0 spiro atoms. The minimum Gasteiger partial charge on any atom is -0.481 e. The van der Waals surface area contributed by atoms with Crippen molar-refractivity contribution in [3.05, 3.63) is 52.2 Å². The lowest BCUT2D eigenvalue weighted by Crippen LogP contribution is -2.13. The molecule has 0 radical (unpaired) electrons. The highest BCUT2D eigenvalue weighted by molar-refractivity contribution is 5.82. The van der Waals surface area contributed by atoms with Gasteiger partial charge < -0.3 is 15.2 Å². The summed E-state index contributed by atoms with van der Waals surface area (Å²) >= 11 is 0. The van der Waals surface area contributed by atoms with Crippen molar-refractivity contribution in [2.24, 2.45) is 0 Å². The van der Waals surface area contributed by atoms with E-state index in [-0.39, 0.29) is 5.56 Å². The highest BCUT2D eigenvalue weighted by Gasteiger charge is 2.13. The molecule has 1 heterocycles. The molecule has 0 saturated carbocycles. The van der Waals surface area contributed by atoms with Crippen molar-refractivity contribution in [2.75, 3.05) is 0 Å². The zero-order valence-corrected chi connectivity index (χ0v) is 19.3. The fourth-order valence-electron chi connectivity index (χ4n) is 4.23. The van der Waals surface area contributed by atoms with Crippen molar-refractivity contribution in [2.45, 2.75) is 103 Å². The molecule has 0 saturated heterocycles. The number of allylic oxidation sites excluding steroid dienone is 1. The summed E-state index contributed by atoms with van der Waals surface area (Å²) in [5.41, 5.74) is 1.17. The first-order chi connectivity index (χ1) is 15.1. The first-order valence-corrected chi connectivity index (χ1v) is 12.4. The van der Waals surface area contributed by atoms with E-state index in [0.717, 1.165) is 30.2 Å². The lowest BCUT2D eigenvalue weighted by molar-refractivity contribution is 0.193. The van der Waals surface area contributed by atoms with Gasteiger partial charge in [0.15, 0.2) is 0 Å². The second kappa shape index (κ2) is 14.7. The Morgan fingerprint density at radius 1 is 0.774 bits per heavy atom. The number of rotatable bonds is 16. The fraction of sp³-hybridized carbons (Fsp3) is 0.593. The largest absolute Gasteiger partial charge is 0.481 e. The minimum atomic E-state index is -0.740. The topological polar surface area (TPSA) is 73.3 Å². The molecule has 3 N–H and O–H groups in total. The van der Waals surface area contributed by atoms with Gasteiger partial charge in [0.2, 0.25) is 0 Å². The van der Waals surface area contributed by atoms with Crippen molar-refractivity contribution in [3.8, 4) is 0 Å². The predicted molar refractivity (Wildman–Crippen MR) is 132 cm³/mol. The van der Waals surface area contributed by atoms with Crippen LogP contribution in [0, 0.1) is 0 Å². The number of aromatic amines is 1. The van der Waals surface area contributed by atoms with Crippen molar-refractivity contribution in [3.63, 3.8) is 0 Å². The molecule has 0 unspecified atom stereocenters. The van der Waals surface area contributed by atoms with E-state index >= 15 is 0 Å². The van der Waals surface area contributed by atoms with Gasteiger partial charge in [0, 0.05) is 11.1 Å². The highest BCUT2D eigenvalue weighted by atomic mass is 16.5. The van der Waals surface area contributed by atoms with Gasteiger partial charge in [0.25, 0.3) is 11.5 Å². The van der Waals surface area contributed by atoms with Crippen molar-refractivity contribution in [1.82, 2.24) is 4.98 Å². The summed E-state index contributed by atoms with van der Waals surface area (Å²) < 4.78 is 0. The molecule has 2 rings (SSSR count). The quantitative estimate of drug-likeness (QED) is 0.187. The fourth-order valence-corrected chi connectivity index (χ4v) is 4.23. The maximum Gasteiger partial charge on any atom is 0.278 e. The zero-order valence-electron chi connectivity index (χ0n) is 19.3. The molecule has 0 fully saturated rings. The van der Waals surface area contributed by atoms with E-state index in [1.165, 1.54) is 70.6 Å². The number of unbranched alkanes of at least 4 members (excludes halogenated alkanes) is 13. The van der Waals surface area contributed by atoms with Gasteiger partial charge >= 0.3 is 0 Å². The predicted octanol–water partition coefficient (Wildman–Crippen LogP) is 8.18. The van der Waals surface area contributed by atoms with Gasteiger partial charge in [-0.3, -0.25) is 4.79 Å². The Balaban J connectivity index is 1.62. The van der Waals surface area contributed by atoms with E-state index in [1.807, 2.05) is 24.3 Å². The van der Waals surface area contributed by atoms with Crippen LogP contribution in [0.3, 0.4) is 0 Å². The van der Waals surface area contributed by atoms with Gasteiger partial charge in [0.1, 0.15) is 0 Å². The molecule has 31 heavy (non-hydrogen) atoms. The van der Waals surface area contributed by atoms with Crippen LogP contribution in [0.15, 0.2) is 41.1 Å². The lowest BCUT2D eigenvalue weighted by Gasteiger charge is -2.09. The molecule has 172 valence electrons. The van der Waals surface area contributed by atoms with Gasteiger partial charge in [-0.25, -0.2) is 0 Å². The van der Waals surface area contributed by atoms with E-state index in [1.54, 1.807) is 6.07 Å². The van der Waals surface area contributed by atoms with Gasteiger partial charge in [-0.1, -0.05) is 109 Å². The number of fused-ring (bicyclic) bond motifs is 1. The Labute approximate surface area is 187 Å². The Hall–Kier alpha value is -2.23. The molecule has 1 aromatic heterocycles. The molecule has 0 atom stereocenters. The van der Waals surface area contributed by atoms with Crippen LogP contribution < -0.4 is 5.56 Å². The number of H-pyrrole nitrogens is 1. The Morgan fingerprint density at radius 2 is 1.29 bits per heavy atom. The molecule has 4 heteroatoms.